The van der Waals surface area contributed by atoms with Crippen molar-refractivity contribution in [3.8, 4) is 5.75 Å². The Bertz CT molecular complexity index is 414. The van der Waals surface area contributed by atoms with Gasteiger partial charge in [0.1, 0.15) is 11.4 Å². The minimum Gasteiger partial charge on any atom is -0.490 e. The third kappa shape index (κ3) is 3.75. The zero-order valence-corrected chi connectivity index (χ0v) is 12.8. The van der Waals surface area contributed by atoms with Gasteiger partial charge in [-0.3, -0.25) is 0 Å². The SMILES string of the molecule is CCNc1ncnc(SC2CCCC(C)C2)c1OC. The van der Waals surface area contributed by atoms with Crippen LogP contribution < -0.4 is 10.1 Å². The first kappa shape index (κ1) is 14.4. The zero-order valence-electron chi connectivity index (χ0n) is 12.0. The molecule has 1 aliphatic rings. The molecule has 0 bridgehead atoms. The van der Waals surface area contributed by atoms with Crippen molar-refractivity contribution in [2.45, 2.75) is 49.8 Å². The van der Waals surface area contributed by atoms with Gasteiger partial charge >= 0.3 is 0 Å². The van der Waals surface area contributed by atoms with Crippen molar-refractivity contribution < 1.29 is 4.74 Å². The fourth-order valence-corrected chi connectivity index (χ4v) is 3.98. The molecule has 2 unspecified atom stereocenters. The molecule has 0 amide bonds. The van der Waals surface area contributed by atoms with Gasteiger partial charge in [0.25, 0.3) is 0 Å². The van der Waals surface area contributed by atoms with Gasteiger partial charge in [0.15, 0.2) is 11.6 Å². The van der Waals surface area contributed by atoms with Crippen LogP contribution in [0.25, 0.3) is 0 Å². The second kappa shape index (κ2) is 6.98. The number of hydrogen-bond acceptors (Lipinski definition) is 5. The second-order valence-corrected chi connectivity index (χ2v) is 6.39. The quantitative estimate of drug-likeness (QED) is 0.836. The van der Waals surface area contributed by atoms with Gasteiger partial charge in [-0.2, -0.15) is 0 Å². The summed E-state index contributed by atoms with van der Waals surface area (Å²) >= 11 is 1.84. The van der Waals surface area contributed by atoms with Crippen molar-refractivity contribution in [1.82, 2.24) is 9.97 Å². The third-order valence-corrected chi connectivity index (χ3v) is 4.76. The van der Waals surface area contributed by atoms with Gasteiger partial charge in [-0.05, 0) is 25.7 Å². The fourth-order valence-electron chi connectivity index (χ4n) is 2.56. The lowest BCUT2D eigenvalue weighted by atomic mass is 9.91. The van der Waals surface area contributed by atoms with Crippen LogP contribution in [0.5, 0.6) is 5.75 Å². The van der Waals surface area contributed by atoms with E-state index in [2.05, 4.69) is 29.1 Å². The van der Waals surface area contributed by atoms with E-state index in [1.54, 1.807) is 13.4 Å². The van der Waals surface area contributed by atoms with Crippen LogP contribution in [-0.2, 0) is 0 Å². The molecule has 0 saturated heterocycles. The number of aromatic nitrogens is 2. The van der Waals surface area contributed by atoms with E-state index in [0.717, 1.165) is 29.1 Å². The number of nitrogens with one attached hydrogen (secondary N) is 1. The number of nitrogens with zero attached hydrogens (tertiary/aromatic N) is 2. The van der Waals surface area contributed by atoms with E-state index in [0.29, 0.717) is 5.25 Å². The Kier molecular flexibility index (Phi) is 5.31. The molecule has 1 heterocycles. The first-order chi connectivity index (χ1) is 9.24. The van der Waals surface area contributed by atoms with E-state index in [4.69, 9.17) is 4.74 Å². The highest BCUT2D eigenvalue weighted by molar-refractivity contribution is 8.00. The Morgan fingerprint density at radius 1 is 1.42 bits per heavy atom. The summed E-state index contributed by atoms with van der Waals surface area (Å²) in [6, 6.07) is 0. The highest BCUT2D eigenvalue weighted by atomic mass is 32.2. The van der Waals surface area contributed by atoms with Crippen LogP contribution in [0.15, 0.2) is 11.4 Å². The van der Waals surface area contributed by atoms with Crippen LogP contribution in [0.2, 0.25) is 0 Å². The molecule has 5 heteroatoms. The second-order valence-electron chi connectivity index (χ2n) is 5.10. The first-order valence-corrected chi connectivity index (χ1v) is 7.92. The summed E-state index contributed by atoms with van der Waals surface area (Å²) in [7, 11) is 1.69. The van der Waals surface area contributed by atoms with Gasteiger partial charge in [0, 0.05) is 11.8 Å². The van der Waals surface area contributed by atoms with Crippen molar-refractivity contribution >= 4 is 17.6 Å². The molecule has 0 aromatic carbocycles. The number of anilines is 1. The third-order valence-electron chi connectivity index (χ3n) is 3.49. The summed E-state index contributed by atoms with van der Waals surface area (Å²) in [5, 5.41) is 4.84. The van der Waals surface area contributed by atoms with Crippen molar-refractivity contribution in [3.05, 3.63) is 6.33 Å². The zero-order chi connectivity index (χ0) is 13.7. The Morgan fingerprint density at radius 2 is 2.26 bits per heavy atom. The van der Waals surface area contributed by atoms with E-state index in [1.165, 1.54) is 25.7 Å². The molecule has 1 aliphatic carbocycles. The number of methoxy groups -OCH3 is 1. The normalized spacial score (nSPS) is 23.1. The molecule has 0 spiro atoms. The van der Waals surface area contributed by atoms with E-state index < -0.39 is 0 Å². The van der Waals surface area contributed by atoms with Gasteiger partial charge in [-0.25, -0.2) is 9.97 Å². The number of hydrogen-bond donors (Lipinski definition) is 1. The molecular weight excluding hydrogens is 258 g/mol. The molecule has 4 nitrogen and oxygen atoms in total. The molecule has 1 aromatic rings. The smallest absolute Gasteiger partial charge is 0.193 e. The maximum absolute atomic E-state index is 5.49. The van der Waals surface area contributed by atoms with E-state index in [1.807, 2.05) is 11.8 Å². The molecule has 2 rings (SSSR count). The fraction of sp³-hybridized carbons (Fsp3) is 0.714. The lowest BCUT2D eigenvalue weighted by Crippen LogP contribution is -2.15. The highest BCUT2D eigenvalue weighted by Gasteiger charge is 2.22. The summed E-state index contributed by atoms with van der Waals surface area (Å²) in [6.45, 7) is 5.23. The Hall–Kier alpha value is -0.970. The van der Waals surface area contributed by atoms with Gasteiger partial charge in [-0.15, -0.1) is 0 Å². The van der Waals surface area contributed by atoms with Crippen LogP contribution in [-0.4, -0.2) is 28.9 Å². The highest BCUT2D eigenvalue weighted by Crippen LogP contribution is 2.40. The molecule has 2 atom stereocenters. The molecule has 106 valence electrons. The van der Waals surface area contributed by atoms with Crippen LogP contribution in [0.1, 0.15) is 39.5 Å². The van der Waals surface area contributed by atoms with Gasteiger partial charge in [-0.1, -0.05) is 31.5 Å². The Balaban J connectivity index is 2.12. The molecule has 1 N–H and O–H groups in total. The van der Waals surface area contributed by atoms with E-state index in [-0.39, 0.29) is 0 Å². The van der Waals surface area contributed by atoms with Gasteiger partial charge in [0.2, 0.25) is 0 Å². The monoisotopic (exact) mass is 281 g/mol. The van der Waals surface area contributed by atoms with Crippen LogP contribution in [0.3, 0.4) is 0 Å². The number of thioether (sulfide) groups is 1. The maximum Gasteiger partial charge on any atom is 0.193 e. The Labute approximate surface area is 119 Å². The number of ether oxygens (including phenoxy) is 1. The molecule has 1 saturated carbocycles. The number of rotatable bonds is 5. The summed E-state index contributed by atoms with van der Waals surface area (Å²) in [4.78, 5) is 8.65. The van der Waals surface area contributed by atoms with E-state index >= 15 is 0 Å². The molecule has 1 fully saturated rings. The average Bonchev–Trinajstić information content (AvgIpc) is 2.39. The minimum atomic E-state index is 0.655. The Morgan fingerprint density at radius 3 is 2.95 bits per heavy atom. The first-order valence-electron chi connectivity index (χ1n) is 7.04. The van der Waals surface area contributed by atoms with Crippen molar-refractivity contribution in [3.63, 3.8) is 0 Å². The topological polar surface area (TPSA) is 47.0 Å². The predicted molar refractivity (Wildman–Crippen MR) is 80.0 cm³/mol. The molecular formula is C14H23N3OS. The molecule has 0 aliphatic heterocycles. The molecule has 1 aromatic heterocycles. The van der Waals surface area contributed by atoms with Crippen LogP contribution in [0.4, 0.5) is 5.82 Å². The molecule has 19 heavy (non-hydrogen) atoms. The largest absolute Gasteiger partial charge is 0.490 e. The van der Waals surface area contributed by atoms with Crippen molar-refractivity contribution in [1.29, 1.82) is 0 Å². The van der Waals surface area contributed by atoms with Gasteiger partial charge < -0.3 is 10.1 Å². The average molecular weight is 281 g/mol. The maximum atomic E-state index is 5.49. The minimum absolute atomic E-state index is 0.655. The van der Waals surface area contributed by atoms with Crippen LogP contribution in [0, 0.1) is 5.92 Å². The van der Waals surface area contributed by atoms with Crippen LogP contribution >= 0.6 is 11.8 Å². The predicted octanol–water partition coefficient (Wildman–Crippen LogP) is 3.59. The lowest BCUT2D eigenvalue weighted by Gasteiger charge is -2.26. The van der Waals surface area contributed by atoms with E-state index in [9.17, 15) is 0 Å². The lowest BCUT2D eigenvalue weighted by molar-refractivity contribution is 0.390. The standard InChI is InChI=1S/C14H23N3OS/c1-4-15-13-12(18-3)14(17-9-16-13)19-11-7-5-6-10(2)8-11/h9-11H,4-8H2,1-3H3,(H,15,16,17). The van der Waals surface area contributed by atoms with Gasteiger partial charge in [0.05, 0.1) is 7.11 Å². The summed E-state index contributed by atoms with van der Waals surface area (Å²) < 4.78 is 5.49. The summed E-state index contributed by atoms with van der Waals surface area (Å²) in [5.74, 6) is 2.41. The van der Waals surface area contributed by atoms with Crippen molar-refractivity contribution in [2.24, 2.45) is 5.92 Å². The van der Waals surface area contributed by atoms with Crippen molar-refractivity contribution in [2.75, 3.05) is 19.0 Å². The summed E-state index contributed by atoms with van der Waals surface area (Å²) in [5.41, 5.74) is 0. The molecule has 0 radical (unpaired) electrons. The summed E-state index contributed by atoms with van der Waals surface area (Å²) in [6.07, 6.45) is 6.86.